The SMILES string of the molecule is Fc1ccccc1N1CC2CC2C1. The maximum absolute atomic E-state index is 13.3. The summed E-state index contributed by atoms with van der Waals surface area (Å²) in [6.45, 7) is 2.12. The van der Waals surface area contributed by atoms with Gasteiger partial charge in [0.1, 0.15) is 5.82 Å². The van der Waals surface area contributed by atoms with Crippen molar-refractivity contribution in [3.8, 4) is 0 Å². The van der Waals surface area contributed by atoms with Crippen LogP contribution in [0, 0.1) is 17.7 Å². The van der Waals surface area contributed by atoms with Crippen LogP contribution in [0.1, 0.15) is 6.42 Å². The van der Waals surface area contributed by atoms with Crippen molar-refractivity contribution < 1.29 is 4.39 Å². The molecular formula is C11H12FN. The van der Waals surface area contributed by atoms with Crippen LogP contribution in [0.2, 0.25) is 0 Å². The minimum Gasteiger partial charge on any atom is -0.369 e. The number of rotatable bonds is 1. The topological polar surface area (TPSA) is 3.24 Å². The number of hydrogen-bond donors (Lipinski definition) is 0. The van der Waals surface area contributed by atoms with Crippen molar-refractivity contribution in [2.75, 3.05) is 18.0 Å². The summed E-state index contributed by atoms with van der Waals surface area (Å²) in [6, 6.07) is 7.07. The van der Waals surface area contributed by atoms with E-state index in [4.69, 9.17) is 0 Å². The van der Waals surface area contributed by atoms with Gasteiger partial charge >= 0.3 is 0 Å². The highest BCUT2D eigenvalue weighted by molar-refractivity contribution is 5.49. The molecule has 3 rings (SSSR count). The first-order valence-electron chi connectivity index (χ1n) is 4.84. The second-order valence-electron chi connectivity index (χ2n) is 4.11. The van der Waals surface area contributed by atoms with Crippen LogP contribution in [0.3, 0.4) is 0 Å². The minimum absolute atomic E-state index is 0.0798. The van der Waals surface area contributed by atoms with E-state index in [9.17, 15) is 4.39 Å². The number of halogens is 1. The van der Waals surface area contributed by atoms with Crippen molar-refractivity contribution >= 4 is 5.69 Å². The molecule has 1 aromatic carbocycles. The molecule has 2 heteroatoms. The second-order valence-corrected chi connectivity index (χ2v) is 4.11. The van der Waals surface area contributed by atoms with Gasteiger partial charge in [0.05, 0.1) is 5.69 Å². The standard InChI is InChI=1S/C11H12FN/c12-10-3-1-2-4-11(10)13-6-8-5-9(8)7-13/h1-4,8-9H,5-7H2. The van der Waals surface area contributed by atoms with Gasteiger partial charge in [0.2, 0.25) is 0 Å². The summed E-state index contributed by atoms with van der Waals surface area (Å²) in [4.78, 5) is 2.17. The lowest BCUT2D eigenvalue weighted by Gasteiger charge is -2.20. The van der Waals surface area contributed by atoms with Crippen molar-refractivity contribution in [2.45, 2.75) is 6.42 Å². The summed E-state index contributed by atoms with van der Waals surface area (Å²) < 4.78 is 13.3. The Morgan fingerprint density at radius 1 is 1.15 bits per heavy atom. The van der Waals surface area contributed by atoms with Crippen LogP contribution in [0.25, 0.3) is 0 Å². The Morgan fingerprint density at radius 2 is 1.85 bits per heavy atom. The molecule has 0 bridgehead atoms. The third-order valence-electron chi connectivity index (χ3n) is 3.17. The summed E-state index contributed by atoms with van der Waals surface area (Å²) in [5, 5.41) is 0. The summed E-state index contributed by atoms with van der Waals surface area (Å²) in [5.41, 5.74) is 0.787. The van der Waals surface area contributed by atoms with Crippen LogP contribution in [-0.4, -0.2) is 13.1 Å². The lowest BCUT2D eigenvalue weighted by atomic mass is 10.2. The molecule has 2 aliphatic rings. The Labute approximate surface area is 77.2 Å². The minimum atomic E-state index is -0.0798. The molecule has 2 fully saturated rings. The number of piperidine rings is 1. The molecule has 0 aromatic heterocycles. The van der Waals surface area contributed by atoms with E-state index in [1.807, 2.05) is 12.1 Å². The average molecular weight is 177 g/mol. The molecule has 68 valence electrons. The Bertz CT molecular complexity index is 327. The van der Waals surface area contributed by atoms with Gasteiger partial charge in [-0.3, -0.25) is 0 Å². The fraction of sp³-hybridized carbons (Fsp3) is 0.455. The zero-order chi connectivity index (χ0) is 8.84. The first kappa shape index (κ1) is 7.36. The van der Waals surface area contributed by atoms with Crippen LogP contribution in [-0.2, 0) is 0 Å². The summed E-state index contributed by atoms with van der Waals surface area (Å²) in [5.74, 6) is 1.64. The lowest BCUT2D eigenvalue weighted by Crippen LogP contribution is -2.22. The lowest BCUT2D eigenvalue weighted by molar-refractivity contribution is 0.619. The molecular weight excluding hydrogens is 165 g/mol. The van der Waals surface area contributed by atoms with Crippen molar-refractivity contribution in [1.82, 2.24) is 0 Å². The quantitative estimate of drug-likeness (QED) is 0.636. The Hall–Kier alpha value is -1.05. The van der Waals surface area contributed by atoms with Crippen LogP contribution >= 0.6 is 0 Å². The second kappa shape index (κ2) is 2.47. The van der Waals surface area contributed by atoms with Crippen LogP contribution in [0.15, 0.2) is 24.3 Å². The van der Waals surface area contributed by atoms with Crippen molar-refractivity contribution in [3.05, 3.63) is 30.1 Å². The third kappa shape index (κ3) is 1.12. The number of nitrogens with zero attached hydrogens (tertiary/aromatic N) is 1. The first-order valence-corrected chi connectivity index (χ1v) is 4.84. The fourth-order valence-electron chi connectivity index (χ4n) is 2.30. The van der Waals surface area contributed by atoms with E-state index in [0.717, 1.165) is 30.6 Å². The van der Waals surface area contributed by atoms with Crippen molar-refractivity contribution in [3.63, 3.8) is 0 Å². The Balaban J connectivity index is 1.88. The third-order valence-corrected chi connectivity index (χ3v) is 3.17. The predicted molar refractivity (Wildman–Crippen MR) is 50.2 cm³/mol. The Kier molecular flexibility index (Phi) is 1.40. The highest BCUT2D eigenvalue weighted by Crippen LogP contribution is 2.46. The monoisotopic (exact) mass is 177 g/mol. The molecule has 1 aliphatic heterocycles. The van der Waals surface area contributed by atoms with E-state index in [0.29, 0.717) is 0 Å². The molecule has 0 N–H and O–H groups in total. The normalized spacial score (nSPS) is 30.4. The first-order chi connectivity index (χ1) is 6.34. The molecule has 2 unspecified atom stereocenters. The van der Waals surface area contributed by atoms with Crippen LogP contribution in [0.4, 0.5) is 10.1 Å². The van der Waals surface area contributed by atoms with Crippen LogP contribution in [0.5, 0.6) is 0 Å². The van der Waals surface area contributed by atoms with Gasteiger partial charge in [-0.15, -0.1) is 0 Å². The molecule has 1 heterocycles. The maximum Gasteiger partial charge on any atom is 0.146 e. The molecule has 0 spiro atoms. The molecule has 0 amide bonds. The van der Waals surface area contributed by atoms with Gasteiger partial charge in [-0.1, -0.05) is 12.1 Å². The molecule has 2 atom stereocenters. The number of anilines is 1. The Morgan fingerprint density at radius 3 is 2.54 bits per heavy atom. The van der Waals surface area contributed by atoms with Gasteiger partial charge in [0.15, 0.2) is 0 Å². The fourth-order valence-corrected chi connectivity index (χ4v) is 2.30. The number of hydrogen-bond acceptors (Lipinski definition) is 1. The summed E-state index contributed by atoms with van der Waals surface area (Å²) in [7, 11) is 0. The van der Waals surface area contributed by atoms with E-state index in [2.05, 4.69) is 4.90 Å². The van der Waals surface area contributed by atoms with Gasteiger partial charge in [-0.05, 0) is 30.4 Å². The zero-order valence-electron chi connectivity index (χ0n) is 7.41. The van der Waals surface area contributed by atoms with E-state index >= 15 is 0 Å². The summed E-state index contributed by atoms with van der Waals surface area (Å²) in [6.07, 6.45) is 1.37. The van der Waals surface area contributed by atoms with Crippen molar-refractivity contribution in [2.24, 2.45) is 11.8 Å². The van der Waals surface area contributed by atoms with Gasteiger partial charge in [-0.2, -0.15) is 0 Å². The van der Waals surface area contributed by atoms with E-state index in [-0.39, 0.29) is 5.82 Å². The molecule has 1 aliphatic carbocycles. The molecule has 13 heavy (non-hydrogen) atoms. The van der Waals surface area contributed by atoms with Crippen molar-refractivity contribution in [1.29, 1.82) is 0 Å². The molecule has 1 saturated heterocycles. The summed E-state index contributed by atoms with van der Waals surface area (Å²) >= 11 is 0. The van der Waals surface area contributed by atoms with Gasteiger partial charge in [0.25, 0.3) is 0 Å². The van der Waals surface area contributed by atoms with E-state index < -0.39 is 0 Å². The number of para-hydroxylation sites is 1. The highest BCUT2D eigenvalue weighted by Gasteiger charge is 2.45. The average Bonchev–Trinajstić information content (AvgIpc) is 2.75. The van der Waals surface area contributed by atoms with Gasteiger partial charge in [0, 0.05) is 13.1 Å². The molecule has 1 saturated carbocycles. The number of benzene rings is 1. The molecule has 0 radical (unpaired) electrons. The van der Waals surface area contributed by atoms with Gasteiger partial charge < -0.3 is 4.90 Å². The molecule has 1 aromatic rings. The largest absolute Gasteiger partial charge is 0.369 e. The van der Waals surface area contributed by atoms with Gasteiger partial charge in [-0.25, -0.2) is 4.39 Å². The number of fused-ring (bicyclic) bond motifs is 1. The maximum atomic E-state index is 13.3. The zero-order valence-corrected chi connectivity index (χ0v) is 7.41. The predicted octanol–water partition coefficient (Wildman–Crippen LogP) is 2.28. The van der Waals surface area contributed by atoms with Crippen LogP contribution < -0.4 is 4.90 Å². The smallest absolute Gasteiger partial charge is 0.146 e. The molecule has 1 nitrogen and oxygen atoms in total. The van der Waals surface area contributed by atoms with E-state index in [1.165, 1.54) is 6.42 Å². The van der Waals surface area contributed by atoms with E-state index in [1.54, 1.807) is 12.1 Å². The highest BCUT2D eigenvalue weighted by atomic mass is 19.1.